The summed E-state index contributed by atoms with van der Waals surface area (Å²) in [6.07, 6.45) is 0. The van der Waals surface area contributed by atoms with Gasteiger partial charge >= 0.3 is 0 Å². The second-order valence-corrected chi connectivity index (χ2v) is 2.69. The molecule has 0 N–H and O–H groups in total. The highest BCUT2D eigenvalue weighted by Gasteiger charge is 1.96. The first-order chi connectivity index (χ1) is 6.37. The molecule has 0 saturated carbocycles. The van der Waals surface area contributed by atoms with E-state index in [9.17, 15) is 0 Å². The maximum absolute atomic E-state index is 7.78. The van der Waals surface area contributed by atoms with Gasteiger partial charge in [-0.1, -0.05) is 43.6 Å². The first-order valence-electron chi connectivity index (χ1n) is 5.44. The first-order valence-corrected chi connectivity index (χ1v) is 3.44. The summed E-state index contributed by atoms with van der Waals surface area (Å²) in [7, 11) is 0. The van der Waals surface area contributed by atoms with E-state index >= 15 is 0 Å². The molecule has 1 rings (SSSR count). The van der Waals surface area contributed by atoms with Gasteiger partial charge in [0.1, 0.15) is 0 Å². The van der Waals surface area contributed by atoms with Crippen LogP contribution in [-0.4, -0.2) is 0 Å². The Bertz CT molecular complexity index is 340. The molecule has 54 valence electrons. The Kier molecular flexibility index (Phi) is 1.02. The van der Waals surface area contributed by atoms with Crippen molar-refractivity contribution in [2.24, 2.45) is 0 Å². The van der Waals surface area contributed by atoms with E-state index in [4.69, 9.17) is 5.48 Å². The molecular weight excluding hydrogens is 120 g/mol. The van der Waals surface area contributed by atoms with Crippen LogP contribution in [0.25, 0.3) is 0 Å². The molecule has 0 aliphatic rings. The summed E-state index contributed by atoms with van der Waals surface area (Å²) in [5.41, 5.74) is 1.07. The van der Waals surface area contributed by atoms with Gasteiger partial charge in [0.2, 0.25) is 0 Å². The highest BCUT2D eigenvalue weighted by atomic mass is 14.0. The van der Waals surface area contributed by atoms with Crippen LogP contribution >= 0.6 is 0 Å². The molecule has 0 bridgehead atoms. The molecule has 0 aromatic heterocycles. The van der Waals surface area contributed by atoms with E-state index in [0.717, 1.165) is 0 Å². The molecule has 0 spiro atoms. The van der Waals surface area contributed by atoms with Gasteiger partial charge in [-0.2, -0.15) is 0 Å². The maximum Gasteiger partial charge on any atom is 0.0629 e. The van der Waals surface area contributed by atoms with E-state index < -0.39 is 0 Å². The van der Waals surface area contributed by atoms with Crippen molar-refractivity contribution >= 4 is 0 Å². The molecule has 0 amide bonds. The minimum atomic E-state index is -0.0674. The Morgan fingerprint density at radius 3 is 2.70 bits per heavy atom. The van der Waals surface area contributed by atoms with Crippen molar-refractivity contribution in [2.45, 2.75) is 26.7 Å². The molecule has 0 radical (unpaired) electrons. The van der Waals surface area contributed by atoms with Crippen LogP contribution in [0.5, 0.6) is 0 Å². The van der Waals surface area contributed by atoms with E-state index in [-0.39, 0.29) is 30.1 Å². The third kappa shape index (κ3) is 1.60. The van der Waals surface area contributed by atoms with Crippen molar-refractivity contribution < 1.29 is 5.48 Å². The van der Waals surface area contributed by atoms with E-state index in [0.29, 0.717) is 11.1 Å². The third-order valence-corrected chi connectivity index (χ3v) is 1.35. The number of hydrogen-bond acceptors (Lipinski definition) is 0. The molecule has 0 atom stereocenters. The number of hydrogen-bond donors (Lipinski definition) is 0. The fourth-order valence-electron chi connectivity index (χ4n) is 0.746. The SMILES string of the molecule is [2H]c1c([2H])c(C)c([2H])c(C(C)C)c1[2H]. The molecule has 0 unspecified atom stereocenters. The van der Waals surface area contributed by atoms with Gasteiger partial charge in [0.05, 0.1) is 5.48 Å². The van der Waals surface area contributed by atoms with Gasteiger partial charge < -0.3 is 0 Å². The van der Waals surface area contributed by atoms with Crippen molar-refractivity contribution in [3.05, 3.63) is 35.3 Å². The molecule has 0 nitrogen and oxygen atoms in total. The van der Waals surface area contributed by atoms with Gasteiger partial charge in [-0.05, 0) is 18.4 Å². The Hall–Kier alpha value is -0.780. The molecule has 0 saturated heterocycles. The predicted octanol–water partition coefficient (Wildman–Crippen LogP) is 3.12. The van der Waals surface area contributed by atoms with E-state index in [1.54, 1.807) is 6.92 Å². The minimum absolute atomic E-state index is 0.00407. The summed E-state index contributed by atoms with van der Waals surface area (Å²) in [6.45, 7) is 5.45. The van der Waals surface area contributed by atoms with Crippen LogP contribution in [0.1, 0.15) is 36.4 Å². The molecule has 1 aromatic carbocycles. The molecule has 0 aliphatic carbocycles. The van der Waals surface area contributed by atoms with Crippen LogP contribution in [0.3, 0.4) is 0 Å². The molecule has 0 aliphatic heterocycles. The van der Waals surface area contributed by atoms with Gasteiger partial charge in [0, 0.05) is 0 Å². The molecular formula is C10H14. The van der Waals surface area contributed by atoms with Gasteiger partial charge in [-0.15, -0.1) is 0 Å². The third-order valence-electron chi connectivity index (χ3n) is 1.35. The fourth-order valence-corrected chi connectivity index (χ4v) is 0.746. The van der Waals surface area contributed by atoms with Gasteiger partial charge in [0.25, 0.3) is 0 Å². The second-order valence-electron chi connectivity index (χ2n) is 2.69. The minimum Gasteiger partial charge on any atom is -0.0617 e. The lowest BCUT2D eigenvalue weighted by atomic mass is 10.0. The lowest BCUT2D eigenvalue weighted by Gasteiger charge is -2.04. The zero-order valence-electron chi connectivity index (χ0n) is 10.6. The second kappa shape index (κ2) is 2.87. The summed E-state index contributed by atoms with van der Waals surface area (Å²) in [5.74, 6) is 0.0541. The van der Waals surface area contributed by atoms with Crippen molar-refractivity contribution in [1.82, 2.24) is 0 Å². The van der Waals surface area contributed by atoms with Crippen molar-refractivity contribution in [2.75, 3.05) is 0 Å². The maximum atomic E-state index is 7.78. The van der Waals surface area contributed by atoms with Gasteiger partial charge in [-0.3, -0.25) is 0 Å². The first kappa shape index (κ1) is 3.56. The van der Waals surface area contributed by atoms with Crippen molar-refractivity contribution in [3.8, 4) is 0 Å². The summed E-state index contributed by atoms with van der Waals surface area (Å²) >= 11 is 0. The van der Waals surface area contributed by atoms with Crippen LogP contribution < -0.4 is 0 Å². The van der Waals surface area contributed by atoms with Crippen LogP contribution in [0, 0.1) is 6.92 Å². The Morgan fingerprint density at radius 2 is 2.10 bits per heavy atom. The Morgan fingerprint density at radius 1 is 1.40 bits per heavy atom. The predicted molar refractivity (Wildman–Crippen MR) is 45.3 cm³/mol. The molecule has 1 aromatic rings. The van der Waals surface area contributed by atoms with E-state index in [1.807, 2.05) is 13.8 Å². The smallest absolute Gasteiger partial charge is 0.0617 e. The lowest BCUT2D eigenvalue weighted by Crippen LogP contribution is -1.86. The zero-order chi connectivity index (χ0) is 11.0. The molecule has 0 heterocycles. The Labute approximate surface area is 68.5 Å². The van der Waals surface area contributed by atoms with Crippen molar-refractivity contribution in [3.63, 3.8) is 0 Å². The molecule has 0 fully saturated rings. The Balaban J connectivity index is 3.60. The van der Waals surface area contributed by atoms with Gasteiger partial charge in [-0.25, -0.2) is 0 Å². The normalized spacial score (nSPS) is 16.0. The standard InChI is InChI=1S/C10H14/c1-8(2)10-6-4-5-9(3)7-10/h4-8H,1-3H3/i4D,5D,6D,7D. The molecule has 10 heavy (non-hydrogen) atoms. The average Bonchev–Trinajstić information content (AvgIpc) is 2.11. The van der Waals surface area contributed by atoms with Crippen LogP contribution in [0.2, 0.25) is 0 Å². The highest BCUT2D eigenvalue weighted by molar-refractivity contribution is 5.24. The largest absolute Gasteiger partial charge is 0.0629 e. The molecule has 0 heteroatoms. The monoisotopic (exact) mass is 138 g/mol. The summed E-state index contributed by atoms with van der Waals surface area (Å²) in [4.78, 5) is 0. The number of benzene rings is 1. The van der Waals surface area contributed by atoms with Crippen LogP contribution in [0.4, 0.5) is 0 Å². The van der Waals surface area contributed by atoms with Crippen molar-refractivity contribution in [1.29, 1.82) is 0 Å². The fraction of sp³-hybridized carbons (Fsp3) is 0.400. The summed E-state index contributed by atoms with van der Waals surface area (Å²) < 4.78 is 30.6. The quantitative estimate of drug-likeness (QED) is 0.559. The van der Waals surface area contributed by atoms with Crippen LogP contribution in [0.15, 0.2) is 24.2 Å². The van der Waals surface area contributed by atoms with E-state index in [1.165, 1.54) is 0 Å². The highest BCUT2D eigenvalue weighted by Crippen LogP contribution is 2.14. The van der Waals surface area contributed by atoms with Gasteiger partial charge in [0.15, 0.2) is 0 Å². The summed E-state index contributed by atoms with van der Waals surface area (Å²) in [5, 5.41) is 0. The lowest BCUT2D eigenvalue weighted by molar-refractivity contribution is 0.865. The zero-order valence-corrected chi connectivity index (χ0v) is 6.58. The topological polar surface area (TPSA) is 0 Å². The summed E-state index contributed by atoms with van der Waals surface area (Å²) in [6, 6.07) is 0.207. The van der Waals surface area contributed by atoms with E-state index in [2.05, 4.69) is 0 Å². The number of rotatable bonds is 1. The average molecular weight is 138 g/mol. The van der Waals surface area contributed by atoms with Crippen LogP contribution in [-0.2, 0) is 0 Å².